The fourth-order valence-electron chi connectivity index (χ4n) is 0.449. The molecule has 0 amide bonds. The van der Waals surface area contributed by atoms with Crippen LogP contribution in [0.3, 0.4) is 0 Å². The average Bonchev–Trinajstić information content (AvgIpc) is 1.77. The van der Waals surface area contributed by atoms with E-state index in [2.05, 4.69) is 39.2 Å². The Labute approximate surface area is 56.6 Å². The van der Waals surface area contributed by atoms with Gasteiger partial charge >= 0.3 is 0 Å². The van der Waals surface area contributed by atoms with Crippen molar-refractivity contribution >= 4 is 15.9 Å². The molecule has 0 fully saturated rings. The van der Waals surface area contributed by atoms with Crippen LogP contribution in [-0.4, -0.2) is 6.04 Å². The molecule has 0 aromatic carbocycles. The third-order valence-corrected chi connectivity index (χ3v) is 1.90. The molecule has 0 unspecified atom stereocenters. The molecule has 3 nitrogen and oxygen atoms in total. The van der Waals surface area contributed by atoms with Gasteiger partial charge in [-0.15, -0.1) is 0 Å². The first-order valence-electron chi connectivity index (χ1n) is 2.42. The van der Waals surface area contributed by atoms with E-state index >= 15 is 0 Å². The summed E-state index contributed by atoms with van der Waals surface area (Å²) in [6.07, 6.45) is 1.86. The number of halogens is 1. The molecule has 1 aliphatic heterocycles. The van der Waals surface area contributed by atoms with Crippen LogP contribution >= 0.6 is 15.9 Å². The van der Waals surface area contributed by atoms with E-state index in [4.69, 9.17) is 0 Å². The maximum absolute atomic E-state index is 3.35. The number of rotatable bonds is 0. The van der Waals surface area contributed by atoms with Crippen LogP contribution in [0.15, 0.2) is 10.7 Å². The Kier molecular flexibility index (Phi) is 1.88. The molecule has 1 rings (SSSR count). The maximum atomic E-state index is 3.35. The van der Waals surface area contributed by atoms with Crippen LogP contribution in [0.5, 0.6) is 0 Å². The van der Waals surface area contributed by atoms with Gasteiger partial charge in [-0.1, -0.05) is 15.9 Å². The van der Waals surface area contributed by atoms with E-state index in [9.17, 15) is 0 Å². The molecule has 0 aromatic rings. The fraction of sp³-hybridized carbons (Fsp3) is 0.500. The third-order valence-electron chi connectivity index (χ3n) is 0.985. The van der Waals surface area contributed by atoms with Crippen molar-refractivity contribution in [2.45, 2.75) is 13.0 Å². The Balaban J connectivity index is 2.53. The van der Waals surface area contributed by atoms with Crippen LogP contribution in [-0.2, 0) is 0 Å². The molecule has 0 spiro atoms. The van der Waals surface area contributed by atoms with Gasteiger partial charge in [0.25, 0.3) is 0 Å². The van der Waals surface area contributed by atoms with E-state index in [1.165, 1.54) is 0 Å². The van der Waals surface area contributed by atoms with Crippen LogP contribution in [0.1, 0.15) is 6.92 Å². The summed E-state index contributed by atoms with van der Waals surface area (Å²) in [4.78, 5) is 0. The molecule has 0 saturated heterocycles. The molecule has 8 heavy (non-hydrogen) atoms. The summed E-state index contributed by atoms with van der Waals surface area (Å²) < 4.78 is 1.12. The standard InChI is InChI=1S/C4H8BrN3/c1-3-4(5)2-6-8-7-3/h2-3,6-8H,1H3/t3-/m0/s1. The van der Waals surface area contributed by atoms with Gasteiger partial charge in [0.15, 0.2) is 0 Å². The second-order valence-electron chi connectivity index (χ2n) is 1.66. The summed E-state index contributed by atoms with van der Waals surface area (Å²) in [5.74, 6) is 0. The summed E-state index contributed by atoms with van der Waals surface area (Å²) in [6, 6.07) is 0.358. The molecule has 0 bridgehead atoms. The molecule has 3 N–H and O–H groups in total. The Morgan fingerprint density at radius 1 is 1.75 bits per heavy atom. The minimum atomic E-state index is 0.358. The highest BCUT2D eigenvalue weighted by Gasteiger charge is 2.06. The Morgan fingerprint density at radius 2 is 2.50 bits per heavy atom. The van der Waals surface area contributed by atoms with Crippen molar-refractivity contribution in [2.75, 3.05) is 0 Å². The zero-order valence-electron chi connectivity index (χ0n) is 4.53. The van der Waals surface area contributed by atoms with Gasteiger partial charge in [-0.3, -0.25) is 0 Å². The zero-order valence-corrected chi connectivity index (χ0v) is 6.12. The van der Waals surface area contributed by atoms with Crippen LogP contribution in [0, 0.1) is 0 Å². The lowest BCUT2D eigenvalue weighted by Gasteiger charge is -2.19. The van der Waals surface area contributed by atoms with Gasteiger partial charge in [0, 0.05) is 10.7 Å². The van der Waals surface area contributed by atoms with Crippen molar-refractivity contribution in [3.05, 3.63) is 10.7 Å². The van der Waals surface area contributed by atoms with Crippen molar-refractivity contribution in [2.24, 2.45) is 0 Å². The highest BCUT2D eigenvalue weighted by atomic mass is 79.9. The predicted octanol–water partition coefficient (Wildman–Crippen LogP) is 0.224. The summed E-state index contributed by atoms with van der Waals surface area (Å²) in [5.41, 5.74) is 8.51. The first-order valence-corrected chi connectivity index (χ1v) is 3.21. The number of hydrazine groups is 2. The lowest BCUT2D eigenvalue weighted by molar-refractivity contribution is 0.432. The molecule has 1 aliphatic rings. The molecule has 0 aromatic heterocycles. The van der Waals surface area contributed by atoms with Gasteiger partial charge in [0.05, 0.1) is 6.04 Å². The smallest absolute Gasteiger partial charge is 0.0531 e. The van der Waals surface area contributed by atoms with E-state index in [-0.39, 0.29) is 0 Å². The van der Waals surface area contributed by atoms with Gasteiger partial charge < -0.3 is 5.43 Å². The third kappa shape index (κ3) is 1.21. The van der Waals surface area contributed by atoms with Crippen molar-refractivity contribution in [3.8, 4) is 0 Å². The monoisotopic (exact) mass is 177 g/mol. The number of hydrogen-bond donors (Lipinski definition) is 3. The van der Waals surface area contributed by atoms with Crippen molar-refractivity contribution in [1.82, 2.24) is 16.4 Å². The quantitative estimate of drug-likeness (QED) is 0.496. The second-order valence-corrected chi connectivity index (χ2v) is 2.58. The molecule has 1 heterocycles. The molecule has 1 atom stereocenters. The Hall–Kier alpha value is -0.0600. The highest BCUT2D eigenvalue weighted by molar-refractivity contribution is 9.11. The van der Waals surface area contributed by atoms with Crippen LogP contribution in [0.25, 0.3) is 0 Å². The van der Waals surface area contributed by atoms with E-state index in [0.29, 0.717) is 6.04 Å². The maximum Gasteiger partial charge on any atom is 0.0531 e. The van der Waals surface area contributed by atoms with E-state index in [0.717, 1.165) is 4.48 Å². The molecular formula is C4H8BrN3. The van der Waals surface area contributed by atoms with Crippen molar-refractivity contribution in [1.29, 1.82) is 0 Å². The molecule has 0 saturated carbocycles. The molecular weight excluding hydrogens is 170 g/mol. The van der Waals surface area contributed by atoms with Crippen molar-refractivity contribution < 1.29 is 0 Å². The zero-order chi connectivity index (χ0) is 5.98. The molecule has 46 valence electrons. The van der Waals surface area contributed by atoms with E-state index in [1.54, 1.807) is 0 Å². The Bertz CT molecular complexity index is 112. The summed E-state index contributed by atoms with van der Waals surface area (Å²) in [7, 11) is 0. The molecule has 0 radical (unpaired) electrons. The van der Waals surface area contributed by atoms with Crippen LogP contribution in [0.2, 0.25) is 0 Å². The first kappa shape index (κ1) is 6.07. The predicted molar refractivity (Wildman–Crippen MR) is 35.9 cm³/mol. The first-order chi connectivity index (χ1) is 3.80. The molecule has 0 aliphatic carbocycles. The Morgan fingerprint density at radius 3 is 2.88 bits per heavy atom. The van der Waals surface area contributed by atoms with Gasteiger partial charge in [-0.25, -0.2) is 5.43 Å². The van der Waals surface area contributed by atoms with Crippen molar-refractivity contribution in [3.63, 3.8) is 0 Å². The number of nitrogens with one attached hydrogen (secondary N) is 3. The normalized spacial score (nSPS) is 28.8. The second kappa shape index (κ2) is 2.48. The summed E-state index contributed by atoms with van der Waals surface area (Å²) >= 11 is 3.35. The van der Waals surface area contributed by atoms with E-state index in [1.807, 2.05) is 6.20 Å². The SMILES string of the molecule is C[C@@H]1NNNC=C1Br. The van der Waals surface area contributed by atoms with Crippen LogP contribution in [0.4, 0.5) is 0 Å². The minimum absolute atomic E-state index is 0.358. The van der Waals surface area contributed by atoms with Gasteiger partial charge in [0.2, 0.25) is 0 Å². The summed E-state index contributed by atoms with van der Waals surface area (Å²) in [5, 5.41) is 0. The summed E-state index contributed by atoms with van der Waals surface area (Å²) in [6.45, 7) is 2.05. The topological polar surface area (TPSA) is 36.1 Å². The lowest BCUT2D eigenvalue weighted by atomic mass is 10.3. The van der Waals surface area contributed by atoms with E-state index < -0.39 is 0 Å². The largest absolute Gasteiger partial charge is 0.315 e. The molecule has 4 heteroatoms. The van der Waals surface area contributed by atoms with Gasteiger partial charge in [-0.2, -0.15) is 5.53 Å². The average molecular weight is 178 g/mol. The van der Waals surface area contributed by atoms with Gasteiger partial charge in [-0.05, 0) is 6.92 Å². The lowest BCUT2D eigenvalue weighted by Crippen LogP contribution is -2.49. The van der Waals surface area contributed by atoms with Crippen LogP contribution < -0.4 is 16.4 Å². The minimum Gasteiger partial charge on any atom is -0.315 e. The fourth-order valence-corrected chi connectivity index (χ4v) is 0.678. The van der Waals surface area contributed by atoms with Gasteiger partial charge in [0.1, 0.15) is 0 Å². The number of hydrogen-bond acceptors (Lipinski definition) is 3. The highest BCUT2D eigenvalue weighted by Crippen LogP contribution is 2.09.